The molecule has 0 spiro atoms. The summed E-state index contributed by atoms with van der Waals surface area (Å²) >= 11 is 0. The smallest absolute Gasteiger partial charge is 0.207 e. The van der Waals surface area contributed by atoms with Crippen LogP contribution in [0.5, 0.6) is 0 Å². The first kappa shape index (κ1) is 21.8. The molecule has 0 heterocycles. The predicted molar refractivity (Wildman–Crippen MR) is 117 cm³/mol. The molecule has 0 aliphatic heterocycles. The zero-order chi connectivity index (χ0) is 21.9. The lowest BCUT2D eigenvalue weighted by Gasteiger charge is -2.26. The van der Waals surface area contributed by atoms with Crippen molar-refractivity contribution in [1.29, 1.82) is 10.5 Å². The number of fused-ring (bicyclic) bond motifs is 1. The van der Waals surface area contributed by atoms with Crippen molar-refractivity contribution in [2.24, 2.45) is 5.92 Å². The maximum atomic E-state index is 13.2. The number of hydrogen-bond acceptors (Lipinski definition) is 4. The van der Waals surface area contributed by atoms with E-state index < -0.39 is 16.1 Å². The van der Waals surface area contributed by atoms with E-state index in [2.05, 4.69) is 4.72 Å². The Morgan fingerprint density at radius 2 is 1.87 bits per heavy atom. The minimum absolute atomic E-state index is 0.0526. The summed E-state index contributed by atoms with van der Waals surface area (Å²) in [6.07, 6.45) is 1.98. The van der Waals surface area contributed by atoms with Gasteiger partial charge in [0.15, 0.2) is 0 Å². The minimum atomic E-state index is -3.75. The molecular weight excluding hydrogens is 394 g/mol. The summed E-state index contributed by atoms with van der Waals surface area (Å²) in [5, 5.41) is 19.1. The summed E-state index contributed by atoms with van der Waals surface area (Å²) < 4.78 is 29.4. The zero-order valence-electron chi connectivity index (χ0n) is 17.4. The molecule has 2 aromatic rings. The summed E-state index contributed by atoms with van der Waals surface area (Å²) in [6.45, 7) is 5.71. The third-order valence-electron chi connectivity index (χ3n) is 5.62. The van der Waals surface area contributed by atoms with Crippen molar-refractivity contribution in [3.05, 3.63) is 70.3 Å². The van der Waals surface area contributed by atoms with Gasteiger partial charge in [-0.25, -0.2) is 13.1 Å². The molecule has 30 heavy (non-hydrogen) atoms. The Labute approximate surface area is 178 Å². The maximum Gasteiger partial charge on any atom is 0.241 e. The van der Waals surface area contributed by atoms with Gasteiger partial charge in [0, 0.05) is 12.0 Å². The highest BCUT2D eigenvalue weighted by atomic mass is 32.2. The van der Waals surface area contributed by atoms with Crippen molar-refractivity contribution >= 4 is 15.6 Å². The van der Waals surface area contributed by atoms with Gasteiger partial charge in [-0.15, -0.1) is 0 Å². The molecule has 0 fully saturated rings. The van der Waals surface area contributed by atoms with Gasteiger partial charge in [-0.05, 0) is 55.0 Å². The van der Waals surface area contributed by atoms with Gasteiger partial charge in [0.25, 0.3) is 0 Å². The van der Waals surface area contributed by atoms with Gasteiger partial charge in [-0.1, -0.05) is 55.3 Å². The van der Waals surface area contributed by atoms with Gasteiger partial charge >= 0.3 is 0 Å². The van der Waals surface area contributed by atoms with Crippen molar-refractivity contribution < 1.29 is 8.42 Å². The summed E-state index contributed by atoms with van der Waals surface area (Å²) in [6, 6.07) is 16.6. The summed E-state index contributed by atoms with van der Waals surface area (Å²) in [5.41, 5.74) is 4.30. The molecule has 0 saturated heterocycles. The lowest BCUT2D eigenvalue weighted by molar-refractivity contribution is 0.443. The van der Waals surface area contributed by atoms with Crippen molar-refractivity contribution in [2.45, 2.75) is 51.0 Å². The molecule has 5 nitrogen and oxygen atoms in total. The molecule has 6 heteroatoms. The molecule has 1 aliphatic rings. The van der Waals surface area contributed by atoms with E-state index in [-0.39, 0.29) is 16.4 Å². The van der Waals surface area contributed by atoms with Gasteiger partial charge in [0.05, 0.1) is 4.90 Å². The number of aryl methyl sites for hydroxylation is 2. The van der Waals surface area contributed by atoms with Crippen LogP contribution >= 0.6 is 0 Å². The van der Waals surface area contributed by atoms with E-state index in [1.807, 2.05) is 56.3 Å². The third-order valence-corrected chi connectivity index (χ3v) is 7.27. The van der Waals surface area contributed by atoms with Crippen LogP contribution in [-0.2, 0) is 16.4 Å². The average Bonchev–Trinajstić information content (AvgIpc) is 3.08. The second-order valence-corrected chi connectivity index (χ2v) is 9.45. The SMILES string of the molecule is CCC[C@H](NS(=O)(=O)c1ccc(C)cc1C)[C@H]1Cc2ccccc2C1=C(C#N)C#N. The highest BCUT2D eigenvalue weighted by Crippen LogP contribution is 2.42. The Bertz CT molecular complexity index is 1170. The van der Waals surface area contributed by atoms with Crippen LogP contribution in [-0.4, -0.2) is 14.5 Å². The number of nitrogens with one attached hydrogen (secondary N) is 1. The lowest BCUT2D eigenvalue weighted by atomic mass is 9.87. The van der Waals surface area contributed by atoms with E-state index in [1.165, 1.54) is 0 Å². The molecule has 2 aromatic carbocycles. The number of hydrogen-bond donors (Lipinski definition) is 1. The molecule has 0 saturated carbocycles. The molecule has 0 amide bonds. The fourth-order valence-corrected chi connectivity index (χ4v) is 5.86. The van der Waals surface area contributed by atoms with Crippen LogP contribution in [0.3, 0.4) is 0 Å². The van der Waals surface area contributed by atoms with E-state index in [0.717, 1.165) is 23.1 Å². The first-order valence-electron chi connectivity index (χ1n) is 10.0. The van der Waals surface area contributed by atoms with Gasteiger partial charge < -0.3 is 0 Å². The van der Waals surface area contributed by atoms with Crippen LogP contribution in [0.25, 0.3) is 5.57 Å². The number of allylic oxidation sites excluding steroid dienone is 1. The van der Waals surface area contributed by atoms with E-state index >= 15 is 0 Å². The lowest BCUT2D eigenvalue weighted by Crippen LogP contribution is -2.40. The second kappa shape index (κ2) is 8.83. The summed E-state index contributed by atoms with van der Waals surface area (Å²) in [4.78, 5) is 0.260. The quantitative estimate of drug-likeness (QED) is 0.701. The van der Waals surface area contributed by atoms with Crippen molar-refractivity contribution in [3.8, 4) is 12.1 Å². The highest BCUT2D eigenvalue weighted by Gasteiger charge is 2.37. The number of nitriles is 2. The second-order valence-electron chi connectivity index (χ2n) is 7.77. The van der Waals surface area contributed by atoms with E-state index in [9.17, 15) is 18.9 Å². The molecule has 154 valence electrons. The first-order chi connectivity index (χ1) is 14.3. The fraction of sp³-hybridized carbons (Fsp3) is 0.333. The largest absolute Gasteiger partial charge is 0.241 e. The normalized spacial score (nSPS) is 16.4. The molecule has 3 rings (SSSR count). The van der Waals surface area contributed by atoms with E-state index in [4.69, 9.17) is 0 Å². The molecule has 0 bridgehead atoms. The van der Waals surface area contributed by atoms with Crippen molar-refractivity contribution in [2.75, 3.05) is 0 Å². The fourth-order valence-electron chi connectivity index (χ4n) is 4.33. The molecular formula is C24H25N3O2S. The zero-order valence-corrected chi connectivity index (χ0v) is 18.3. The average molecular weight is 420 g/mol. The number of benzene rings is 2. The Hall–Kier alpha value is -2.93. The monoisotopic (exact) mass is 419 g/mol. The van der Waals surface area contributed by atoms with E-state index in [1.54, 1.807) is 19.1 Å². The van der Waals surface area contributed by atoms with Crippen molar-refractivity contribution in [3.63, 3.8) is 0 Å². The first-order valence-corrected chi connectivity index (χ1v) is 11.5. The Kier molecular flexibility index (Phi) is 6.41. The summed E-state index contributed by atoms with van der Waals surface area (Å²) in [5.74, 6) is -0.267. The number of nitrogens with zero attached hydrogens (tertiary/aromatic N) is 2. The van der Waals surface area contributed by atoms with Gasteiger partial charge in [-0.3, -0.25) is 0 Å². The standard InChI is InChI=1S/C24H25N3O2S/c1-4-7-22(27-30(28,29)23-11-10-16(2)12-17(23)3)21-13-18-8-5-6-9-20(18)24(21)19(14-25)15-26/h5-6,8-12,21-22,27H,4,7,13H2,1-3H3/t21-,22+/m1/s1. The van der Waals surface area contributed by atoms with Crippen LogP contribution < -0.4 is 4.72 Å². The highest BCUT2D eigenvalue weighted by molar-refractivity contribution is 7.89. The van der Waals surface area contributed by atoms with Crippen molar-refractivity contribution in [1.82, 2.24) is 4.72 Å². The van der Waals surface area contributed by atoms with E-state index in [0.29, 0.717) is 24.0 Å². The maximum absolute atomic E-state index is 13.2. The van der Waals surface area contributed by atoms with Crippen LogP contribution in [0.2, 0.25) is 0 Å². The molecule has 1 aliphatic carbocycles. The molecule has 1 N–H and O–H groups in total. The van der Waals surface area contributed by atoms with Gasteiger partial charge in [0.1, 0.15) is 17.7 Å². The Morgan fingerprint density at radius 1 is 1.17 bits per heavy atom. The van der Waals surface area contributed by atoms with Crippen LogP contribution in [0.1, 0.15) is 42.0 Å². The summed E-state index contributed by atoms with van der Waals surface area (Å²) in [7, 11) is -3.75. The number of sulfonamides is 1. The number of rotatable bonds is 6. The molecule has 0 unspecified atom stereocenters. The third kappa shape index (κ3) is 4.16. The molecule has 0 aromatic heterocycles. The molecule has 2 atom stereocenters. The van der Waals surface area contributed by atoms with Gasteiger partial charge in [-0.2, -0.15) is 10.5 Å². The Balaban J connectivity index is 2.05. The van der Waals surface area contributed by atoms with Crippen LogP contribution in [0.15, 0.2) is 52.9 Å². The van der Waals surface area contributed by atoms with Crippen LogP contribution in [0.4, 0.5) is 0 Å². The Morgan fingerprint density at radius 3 is 2.50 bits per heavy atom. The predicted octanol–water partition coefficient (Wildman–Crippen LogP) is 4.42. The van der Waals surface area contributed by atoms with Crippen LogP contribution in [0, 0.1) is 42.4 Å². The molecule has 0 radical (unpaired) electrons. The van der Waals surface area contributed by atoms with Gasteiger partial charge in [0.2, 0.25) is 10.0 Å². The topological polar surface area (TPSA) is 93.8 Å². The minimum Gasteiger partial charge on any atom is -0.207 e.